The lowest BCUT2D eigenvalue weighted by molar-refractivity contribution is 0.591. The number of allylic oxidation sites excluding steroid dienone is 4. The fraction of sp³-hybridized carbons (Fsp3) is 0.200. The van der Waals surface area contributed by atoms with Crippen molar-refractivity contribution in [1.29, 1.82) is 0 Å². The molecule has 0 N–H and O–H groups in total. The molecule has 0 bridgehead atoms. The standard InChI is InChI=1S/C20H18O/c1-13-11-14(12-20(13,2)3)15-8-6-9-17-16-7-4-5-10-18(16)21-19(15)17/h4-12H,1-3H3. The molecule has 1 nitrogen and oxygen atoms in total. The Bertz CT molecular complexity index is 919. The molecule has 1 aliphatic carbocycles. The first kappa shape index (κ1) is 12.5. The maximum absolute atomic E-state index is 6.13. The number of furan rings is 1. The van der Waals surface area contributed by atoms with E-state index in [0.29, 0.717) is 0 Å². The van der Waals surface area contributed by atoms with Gasteiger partial charge in [0.05, 0.1) is 0 Å². The van der Waals surface area contributed by atoms with E-state index < -0.39 is 0 Å². The Morgan fingerprint density at radius 2 is 1.67 bits per heavy atom. The molecule has 0 saturated carbocycles. The number of para-hydroxylation sites is 2. The first-order valence-electron chi connectivity index (χ1n) is 7.38. The van der Waals surface area contributed by atoms with Gasteiger partial charge in [-0.25, -0.2) is 0 Å². The second kappa shape index (κ2) is 4.11. The summed E-state index contributed by atoms with van der Waals surface area (Å²) in [6.45, 7) is 6.71. The van der Waals surface area contributed by atoms with Crippen LogP contribution < -0.4 is 0 Å². The highest BCUT2D eigenvalue weighted by molar-refractivity contribution is 6.08. The van der Waals surface area contributed by atoms with Crippen LogP contribution in [0.1, 0.15) is 26.3 Å². The van der Waals surface area contributed by atoms with Crippen molar-refractivity contribution >= 4 is 27.5 Å². The van der Waals surface area contributed by atoms with E-state index >= 15 is 0 Å². The average molecular weight is 274 g/mol. The Morgan fingerprint density at radius 3 is 2.43 bits per heavy atom. The van der Waals surface area contributed by atoms with E-state index in [1.54, 1.807) is 0 Å². The molecule has 0 atom stereocenters. The summed E-state index contributed by atoms with van der Waals surface area (Å²) in [6.07, 6.45) is 4.62. The van der Waals surface area contributed by atoms with Gasteiger partial charge < -0.3 is 4.42 Å². The molecule has 3 aromatic rings. The van der Waals surface area contributed by atoms with Gasteiger partial charge in [-0.2, -0.15) is 0 Å². The third kappa shape index (κ3) is 1.77. The van der Waals surface area contributed by atoms with E-state index in [4.69, 9.17) is 4.42 Å². The van der Waals surface area contributed by atoms with Gasteiger partial charge in [0, 0.05) is 21.8 Å². The Kier molecular flexibility index (Phi) is 2.44. The number of benzene rings is 2. The summed E-state index contributed by atoms with van der Waals surface area (Å²) in [5.41, 5.74) is 5.93. The molecule has 1 aromatic heterocycles. The van der Waals surface area contributed by atoms with Crippen LogP contribution in [0.2, 0.25) is 0 Å². The van der Waals surface area contributed by atoms with Crippen molar-refractivity contribution in [2.45, 2.75) is 20.8 Å². The van der Waals surface area contributed by atoms with E-state index in [-0.39, 0.29) is 5.41 Å². The SMILES string of the molecule is CC1=CC(c2cccc3c2oc2ccccc23)=CC1(C)C. The quantitative estimate of drug-likeness (QED) is 0.534. The third-order valence-electron chi connectivity index (χ3n) is 4.62. The van der Waals surface area contributed by atoms with Crippen LogP contribution >= 0.6 is 0 Å². The minimum atomic E-state index is 0.128. The second-order valence-corrected chi connectivity index (χ2v) is 6.43. The molecule has 0 spiro atoms. The average Bonchev–Trinajstić information content (AvgIpc) is 2.96. The van der Waals surface area contributed by atoms with Crippen LogP contribution in [0.5, 0.6) is 0 Å². The predicted octanol–water partition coefficient (Wildman–Crippen LogP) is 5.96. The lowest BCUT2D eigenvalue weighted by atomic mass is 9.88. The van der Waals surface area contributed by atoms with Gasteiger partial charge in [-0.1, -0.05) is 68.0 Å². The number of fused-ring (bicyclic) bond motifs is 3. The normalized spacial score (nSPS) is 17.3. The van der Waals surface area contributed by atoms with E-state index in [0.717, 1.165) is 11.2 Å². The van der Waals surface area contributed by atoms with Crippen LogP contribution in [-0.4, -0.2) is 0 Å². The largest absolute Gasteiger partial charge is 0.455 e. The van der Waals surface area contributed by atoms with Crippen LogP contribution in [0.3, 0.4) is 0 Å². The van der Waals surface area contributed by atoms with Gasteiger partial charge in [-0.05, 0) is 18.6 Å². The zero-order valence-electron chi connectivity index (χ0n) is 12.6. The van der Waals surface area contributed by atoms with E-state index in [2.05, 4.69) is 63.3 Å². The van der Waals surface area contributed by atoms with Crippen LogP contribution in [0.4, 0.5) is 0 Å². The van der Waals surface area contributed by atoms with Crippen LogP contribution in [-0.2, 0) is 0 Å². The van der Waals surface area contributed by atoms with Gasteiger partial charge in [0.1, 0.15) is 11.2 Å². The first-order valence-corrected chi connectivity index (χ1v) is 7.38. The molecule has 0 unspecified atom stereocenters. The molecule has 1 heteroatoms. The molecule has 0 saturated heterocycles. The summed E-state index contributed by atoms with van der Waals surface area (Å²) in [5, 5.41) is 2.38. The summed E-state index contributed by atoms with van der Waals surface area (Å²) >= 11 is 0. The predicted molar refractivity (Wildman–Crippen MR) is 89.2 cm³/mol. The highest BCUT2D eigenvalue weighted by atomic mass is 16.3. The van der Waals surface area contributed by atoms with Crippen molar-refractivity contribution in [2.24, 2.45) is 5.41 Å². The molecule has 0 amide bonds. The molecule has 104 valence electrons. The monoisotopic (exact) mass is 274 g/mol. The Hall–Kier alpha value is -2.28. The van der Waals surface area contributed by atoms with Crippen molar-refractivity contribution in [2.75, 3.05) is 0 Å². The van der Waals surface area contributed by atoms with Crippen LogP contribution in [0.15, 0.2) is 64.6 Å². The van der Waals surface area contributed by atoms with Crippen LogP contribution in [0.25, 0.3) is 27.5 Å². The minimum absolute atomic E-state index is 0.128. The van der Waals surface area contributed by atoms with Gasteiger partial charge in [0.2, 0.25) is 0 Å². The third-order valence-corrected chi connectivity index (χ3v) is 4.62. The van der Waals surface area contributed by atoms with Crippen molar-refractivity contribution in [3.05, 3.63) is 65.8 Å². The van der Waals surface area contributed by atoms with E-state index in [9.17, 15) is 0 Å². The fourth-order valence-corrected chi connectivity index (χ4v) is 3.09. The first-order chi connectivity index (χ1) is 10.1. The van der Waals surface area contributed by atoms with Crippen LogP contribution in [0, 0.1) is 5.41 Å². The maximum Gasteiger partial charge on any atom is 0.143 e. The number of rotatable bonds is 1. The molecule has 0 fully saturated rings. The molecule has 1 heterocycles. The summed E-state index contributed by atoms with van der Waals surface area (Å²) in [4.78, 5) is 0. The number of hydrogen-bond acceptors (Lipinski definition) is 1. The number of hydrogen-bond donors (Lipinski definition) is 0. The smallest absolute Gasteiger partial charge is 0.143 e. The summed E-state index contributed by atoms with van der Waals surface area (Å²) in [7, 11) is 0. The summed E-state index contributed by atoms with van der Waals surface area (Å²) in [5.74, 6) is 0. The Labute approximate surface area is 124 Å². The highest BCUT2D eigenvalue weighted by Crippen LogP contribution is 2.42. The minimum Gasteiger partial charge on any atom is -0.455 e. The second-order valence-electron chi connectivity index (χ2n) is 6.43. The van der Waals surface area contributed by atoms with Crippen molar-refractivity contribution in [3.63, 3.8) is 0 Å². The lowest BCUT2D eigenvalue weighted by Gasteiger charge is -2.16. The molecule has 2 aromatic carbocycles. The van der Waals surface area contributed by atoms with Gasteiger partial charge in [-0.3, -0.25) is 0 Å². The summed E-state index contributed by atoms with van der Waals surface area (Å²) < 4.78 is 6.13. The lowest BCUT2D eigenvalue weighted by Crippen LogP contribution is -2.04. The van der Waals surface area contributed by atoms with Gasteiger partial charge in [0.25, 0.3) is 0 Å². The molecule has 1 aliphatic rings. The van der Waals surface area contributed by atoms with Gasteiger partial charge in [0.15, 0.2) is 0 Å². The van der Waals surface area contributed by atoms with E-state index in [1.165, 1.54) is 27.5 Å². The molecule has 21 heavy (non-hydrogen) atoms. The highest BCUT2D eigenvalue weighted by Gasteiger charge is 2.25. The van der Waals surface area contributed by atoms with Crippen molar-refractivity contribution in [3.8, 4) is 0 Å². The topological polar surface area (TPSA) is 13.1 Å². The molecule has 4 rings (SSSR count). The van der Waals surface area contributed by atoms with Gasteiger partial charge in [-0.15, -0.1) is 0 Å². The zero-order valence-corrected chi connectivity index (χ0v) is 12.6. The molecular formula is C20H18O. The maximum atomic E-state index is 6.13. The zero-order chi connectivity index (χ0) is 14.6. The fourth-order valence-electron chi connectivity index (χ4n) is 3.09. The van der Waals surface area contributed by atoms with Crippen molar-refractivity contribution < 1.29 is 4.42 Å². The molecule has 0 aliphatic heterocycles. The molecule has 0 radical (unpaired) electrons. The van der Waals surface area contributed by atoms with Crippen molar-refractivity contribution in [1.82, 2.24) is 0 Å². The molecular weight excluding hydrogens is 256 g/mol. The Morgan fingerprint density at radius 1 is 0.905 bits per heavy atom. The van der Waals surface area contributed by atoms with Gasteiger partial charge >= 0.3 is 0 Å². The van der Waals surface area contributed by atoms with E-state index in [1.807, 2.05) is 12.1 Å². The Balaban J connectivity index is 2.03. The summed E-state index contributed by atoms with van der Waals surface area (Å²) in [6, 6.07) is 14.7.